The van der Waals surface area contributed by atoms with Crippen LogP contribution < -0.4 is 0 Å². The smallest absolute Gasteiger partial charge is 0.0934 e. The maximum absolute atomic E-state index is 9.26. The second-order valence-corrected chi connectivity index (χ2v) is 4.56. The number of hydrogen-bond acceptors (Lipinski definition) is 3. The molecule has 1 N–H and O–H groups in total. The number of rotatable bonds is 0. The van der Waals surface area contributed by atoms with Crippen molar-refractivity contribution in [3.63, 3.8) is 0 Å². The molecule has 4 heteroatoms. The van der Waals surface area contributed by atoms with Crippen molar-refractivity contribution >= 4 is 27.7 Å². The summed E-state index contributed by atoms with van der Waals surface area (Å²) in [6, 6.07) is 1.92. The van der Waals surface area contributed by atoms with Gasteiger partial charge in [0.05, 0.1) is 5.69 Å². The summed E-state index contributed by atoms with van der Waals surface area (Å²) in [5.41, 5.74) is 0.889. The lowest BCUT2D eigenvalue weighted by atomic mass is 10.4. The maximum atomic E-state index is 9.26. The Kier molecular flexibility index (Phi) is 1.87. The molecule has 0 amide bonds. The van der Waals surface area contributed by atoms with E-state index >= 15 is 0 Å². The van der Waals surface area contributed by atoms with E-state index in [1.54, 1.807) is 27.8 Å². The normalized spacial score (nSPS) is 16.0. The molecular formula is C7H7NOS2. The Labute approximate surface area is 72.6 Å². The van der Waals surface area contributed by atoms with Crippen LogP contribution in [-0.4, -0.2) is 15.7 Å². The average Bonchev–Trinajstić information content (AvgIpc) is 2.25. The van der Waals surface area contributed by atoms with E-state index in [1.807, 2.05) is 12.1 Å². The van der Waals surface area contributed by atoms with E-state index in [9.17, 15) is 5.21 Å². The van der Waals surface area contributed by atoms with Crippen LogP contribution in [0.1, 0.15) is 5.69 Å². The van der Waals surface area contributed by atoms with Gasteiger partial charge < -0.3 is 5.21 Å². The summed E-state index contributed by atoms with van der Waals surface area (Å²) in [5.74, 6) is 0.999. The molecule has 0 bridgehead atoms. The summed E-state index contributed by atoms with van der Waals surface area (Å²) in [7, 11) is 3.48. The second-order valence-electron chi connectivity index (χ2n) is 2.18. The molecule has 0 aliphatic carbocycles. The lowest BCUT2D eigenvalue weighted by molar-refractivity contribution is 0.184. The predicted octanol–water partition coefficient (Wildman–Crippen LogP) is 2.49. The molecule has 1 aromatic heterocycles. The molecule has 0 fully saturated rings. The highest BCUT2D eigenvalue weighted by molar-refractivity contribution is 8.76. The minimum atomic E-state index is 0.889. The monoisotopic (exact) mass is 185 g/mol. The molecule has 0 unspecified atom stereocenters. The van der Waals surface area contributed by atoms with Crippen LogP contribution in [0.5, 0.6) is 0 Å². The van der Waals surface area contributed by atoms with E-state index in [0.717, 1.165) is 21.1 Å². The zero-order valence-corrected chi connectivity index (χ0v) is 7.36. The van der Waals surface area contributed by atoms with Crippen molar-refractivity contribution in [2.24, 2.45) is 0 Å². The van der Waals surface area contributed by atoms with Crippen molar-refractivity contribution in [3.8, 4) is 0 Å². The lowest BCUT2D eigenvalue weighted by Gasteiger charge is -1.95. The quantitative estimate of drug-likeness (QED) is 0.496. The van der Waals surface area contributed by atoms with Crippen LogP contribution in [-0.2, 0) is 0 Å². The highest BCUT2D eigenvalue weighted by Gasteiger charge is 2.08. The van der Waals surface area contributed by atoms with Gasteiger partial charge >= 0.3 is 0 Å². The van der Waals surface area contributed by atoms with Crippen LogP contribution >= 0.6 is 21.6 Å². The van der Waals surface area contributed by atoms with Gasteiger partial charge in [0.1, 0.15) is 0 Å². The molecule has 0 saturated carbocycles. The first-order chi connectivity index (χ1) is 5.38. The minimum absolute atomic E-state index is 0.889. The zero-order valence-electron chi connectivity index (χ0n) is 5.73. The minimum Gasteiger partial charge on any atom is -0.428 e. The van der Waals surface area contributed by atoms with Crippen molar-refractivity contribution in [3.05, 3.63) is 24.0 Å². The molecule has 58 valence electrons. The Bertz CT molecular complexity index is 293. The van der Waals surface area contributed by atoms with Crippen LogP contribution in [0, 0.1) is 0 Å². The molecule has 0 atom stereocenters. The molecule has 2 rings (SSSR count). The molecule has 1 aliphatic heterocycles. The Morgan fingerprint density at radius 2 is 2.45 bits per heavy atom. The Hall–Kier alpha value is -0.480. The van der Waals surface area contributed by atoms with E-state index in [4.69, 9.17) is 0 Å². The molecule has 0 radical (unpaired) electrons. The topological polar surface area (TPSA) is 25.2 Å². The first kappa shape index (κ1) is 7.18. The van der Waals surface area contributed by atoms with E-state index in [2.05, 4.69) is 6.08 Å². The van der Waals surface area contributed by atoms with E-state index in [-0.39, 0.29) is 0 Å². The summed E-state index contributed by atoms with van der Waals surface area (Å²) >= 11 is 0. The largest absolute Gasteiger partial charge is 0.428 e. The van der Waals surface area contributed by atoms with Crippen LogP contribution in [0.4, 0.5) is 0 Å². The Morgan fingerprint density at radius 1 is 1.55 bits per heavy atom. The van der Waals surface area contributed by atoms with Crippen molar-refractivity contribution in [2.45, 2.75) is 4.90 Å². The van der Waals surface area contributed by atoms with Gasteiger partial charge in [0.25, 0.3) is 0 Å². The Morgan fingerprint density at radius 3 is 3.36 bits per heavy atom. The molecule has 2 heterocycles. The number of nitrogens with zero attached hydrogens (tertiary/aromatic N) is 1. The average molecular weight is 185 g/mol. The zero-order chi connectivity index (χ0) is 7.68. The molecular weight excluding hydrogens is 178 g/mol. The molecule has 1 aliphatic rings. The van der Waals surface area contributed by atoms with Gasteiger partial charge in [-0.05, 0) is 12.1 Å². The van der Waals surface area contributed by atoms with Crippen molar-refractivity contribution in [2.75, 3.05) is 5.75 Å². The molecule has 2 nitrogen and oxygen atoms in total. The summed E-state index contributed by atoms with van der Waals surface area (Å²) < 4.78 is 1.16. The summed E-state index contributed by atoms with van der Waals surface area (Å²) in [6.07, 6.45) is 5.66. The fourth-order valence-corrected chi connectivity index (χ4v) is 2.92. The molecule has 1 aromatic rings. The lowest BCUT2D eigenvalue weighted by Crippen LogP contribution is -1.89. The van der Waals surface area contributed by atoms with Crippen molar-refractivity contribution in [1.82, 2.24) is 4.73 Å². The third-order valence-electron chi connectivity index (χ3n) is 1.46. The predicted molar refractivity (Wildman–Crippen MR) is 49.0 cm³/mol. The maximum Gasteiger partial charge on any atom is 0.0934 e. The highest BCUT2D eigenvalue weighted by atomic mass is 33.1. The third kappa shape index (κ3) is 1.28. The van der Waals surface area contributed by atoms with Crippen molar-refractivity contribution < 1.29 is 5.21 Å². The number of fused-ring (bicyclic) bond motifs is 1. The molecule has 0 spiro atoms. The molecule has 0 aromatic carbocycles. The third-order valence-corrected chi connectivity index (χ3v) is 3.73. The van der Waals surface area contributed by atoms with Gasteiger partial charge in [-0.25, -0.2) is 0 Å². The van der Waals surface area contributed by atoms with Gasteiger partial charge in [-0.2, -0.15) is 4.73 Å². The van der Waals surface area contributed by atoms with Crippen LogP contribution in [0.15, 0.2) is 23.2 Å². The SMILES string of the molecule is On1ccc2c1C=CCSS2. The van der Waals surface area contributed by atoms with E-state index < -0.39 is 0 Å². The Balaban J connectivity index is 2.48. The fourth-order valence-electron chi connectivity index (χ4n) is 0.942. The summed E-state index contributed by atoms with van der Waals surface area (Å²) in [5, 5.41) is 9.26. The van der Waals surface area contributed by atoms with Gasteiger partial charge in [0.2, 0.25) is 0 Å². The first-order valence-electron chi connectivity index (χ1n) is 3.24. The van der Waals surface area contributed by atoms with Crippen LogP contribution in [0.25, 0.3) is 6.08 Å². The van der Waals surface area contributed by atoms with Gasteiger partial charge in [-0.3, -0.25) is 0 Å². The first-order valence-corrected chi connectivity index (χ1v) is 5.56. The van der Waals surface area contributed by atoms with Gasteiger partial charge in [0.15, 0.2) is 0 Å². The summed E-state index contributed by atoms with van der Waals surface area (Å²) in [4.78, 5) is 1.13. The van der Waals surface area contributed by atoms with Gasteiger partial charge in [-0.1, -0.05) is 27.7 Å². The van der Waals surface area contributed by atoms with E-state index in [1.165, 1.54) is 0 Å². The van der Waals surface area contributed by atoms with Crippen LogP contribution in [0.2, 0.25) is 0 Å². The number of hydrogen-bond donors (Lipinski definition) is 1. The fraction of sp³-hybridized carbons (Fsp3) is 0.143. The second kappa shape index (κ2) is 2.87. The van der Waals surface area contributed by atoms with Gasteiger partial charge in [0, 0.05) is 16.8 Å². The van der Waals surface area contributed by atoms with E-state index in [0.29, 0.717) is 0 Å². The van der Waals surface area contributed by atoms with Crippen molar-refractivity contribution in [1.29, 1.82) is 0 Å². The summed E-state index contributed by atoms with van der Waals surface area (Å²) in [6.45, 7) is 0. The standard InChI is InChI=1S/C7H7NOS2/c9-8-4-3-7-6(8)2-1-5-10-11-7/h1-4,9H,5H2. The molecule has 11 heavy (non-hydrogen) atoms. The van der Waals surface area contributed by atoms with Gasteiger partial charge in [-0.15, -0.1) is 0 Å². The molecule has 0 saturated heterocycles. The highest BCUT2D eigenvalue weighted by Crippen LogP contribution is 2.36. The van der Waals surface area contributed by atoms with Crippen LogP contribution in [0.3, 0.4) is 0 Å². The number of aromatic nitrogens is 1.